The summed E-state index contributed by atoms with van der Waals surface area (Å²) in [5.74, 6) is 0.858. The van der Waals surface area contributed by atoms with Crippen molar-refractivity contribution in [2.24, 2.45) is 0 Å². The Morgan fingerprint density at radius 1 is 1.13 bits per heavy atom. The van der Waals surface area contributed by atoms with Gasteiger partial charge in [0.05, 0.1) is 17.9 Å². The first-order chi connectivity index (χ1) is 15.0. The molecule has 3 aromatic heterocycles. The molecule has 0 unspecified atom stereocenters. The summed E-state index contributed by atoms with van der Waals surface area (Å²) in [5.41, 5.74) is 1.87. The van der Waals surface area contributed by atoms with Crippen molar-refractivity contribution in [2.75, 3.05) is 18.1 Å². The van der Waals surface area contributed by atoms with Gasteiger partial charge in [0.1, 0.15) is 29.9 Å². The molecule has 1 fully saturated rings. The molecule has 0 bridgehead atoms. The maximum absolute atomic E-state index is 12.6. The highest BCUT2D eigenvalue weighted by molar-refractivity contribution is 5.86. The van der Waals surface area contributed by atoms with Gasteiger partial charge in [-0.2, -0.15) is 0 Å². The lowest BCUT2D eigenvalue weighted by atomic mass is 10.2. The maximum atomic E-state index is 12.6. The number of halogens is 3. The van der Waals surface area contributed by atoms with E-state index in [-0.39, 0.29) is 11.8 Å². The number of H-pyrrole nitrogens is 1. The summed E-state index contributed by atoms with van der Waals surface area (Å²) in [6.45, 7) is 1.13. The van der Waals surface area contributed by atoms with Gasteiger partial charge >= 0.3 is 6.36 Å². The van der Waals surface area contributed by atoms with Crippen molar-refractivity contribution in [2.45, 2.75) is 25.2 Å². The van der Waals surface area contributed by atoms with Crippen molar-refractivity contribution in [3.63, 3.8) is 0 Å². The van der Waals surface area contributed by atoms with Crippen molar-refractivity contribution in [3.8, 4) is 11.5 Å². The number of anilines is 1. The van der Waals surface area contributed by atoms with Crippen LogP contribution in [-0.2, 0) is 0 Å². The third kappa shape index (κ3) is 3.90. The van der Waals surface area contributed by atoms with Crippen LogP contribution < -0.4 is 14.4 Å². The minimum Gasteiger partial charge on any atom is -0.491 e. The van der Waals surface area contributed by atoms with Gasteiger partial charge in [-0.1, -0.05) is 0 Å². The number of alkyl halides is 3. The summed E-state index contributed by atoms with van der Waals surface area (Å²) in [6.07, 6.45) is 1.72. The van der Waals surface area contributed by atoms with Gasteiger partial charge in [0.2, 0.25) is 0 Å². The summed E-state index contributed by atoms with van der Waals surface area (Å²) < 4.78 is 47.9. The van der Waals surface area contributed by atoms with Crippen LogP contribution in [-0.4, -0.2) is 50.5 Å². The van der Waals surface area contributed by atoms with Gasteiger partial charge in [-0.15, -0.1) is 13.2 Å². The molecule has 1 aliphatic heterocycles. The average Bonchev–Trinajstić information content (AvgIpc) is 3.40. The molecule has 0 radical (unpaired) electrons. The summed E-state index contributed by atoms with van der Waals surface area (Å²) in [6, 6.07) is 5.66. The summed E-state index contributed by atoms with van der Waals surface area (Å²) in [4.78, 5) is 22.2. The number of hydrogen-bond donors (Lipinski definition) is 1. The molecule has 1 atom stereocenters. The van der Waals surface area contributed by atoms with Gasteiger partial charge in [0.25, 0.3) is 0 Å². The van der Waals surface area contributed by atoms with E-state index in [1.165, 1.54) is 24.5 Å². The van der Waals surface area contributed by atoms with Gasteiger partial charge < -0.3 is 19.4 Å². The van der Waals surface area contributed by atoms with Crippen LogP contribution in [0.3, 0.4) is 0 Å². The number of imidazole rings is 1. The predicted octanol–water partition coefficient (Wildman–Crippen LogP) is 3.85. The molecule has 0 amide bonds. The fraction of sp³-hybridized carbons (Fsp3) is 0.300. The van der Waals surface area contributed by atoms with Crippen molar-refractivity contribution in [1.82, 2.24) is 24.9 Å². The monoisotopic (exact) mass is 430 g/mol. The van der Waals surface area contributed by atoms with Gasteiger partial charge in [-0.05, 0) is 37.1 Å². The molecule has 1 aliphatic rings. The van der Waals surface area contributed by atoms with Crippen molar-refractivity contribution >= 4 is 27.9 Å². The molecule has 0 saturated carbocycles. The van der Waals surface area contributed by atoms with Crippen LogP contribution in [0, 0.1) is 0 Å². The van der Waals surface area contributed by atoms with Crippen LogP contribution in [0.15, 0.2) is 43.1 Å². The van der Waals surface area contributed by atoms with E-state index >= 15 is 0 Å². The van der Waals surface area contributed by atoms with Crippen LogP contribution >= 0.6 is 0 Å². The number of fused-ring (bicyclic) bond motifs is 2. The lowest BCUT2D eigenvalue weighted by molar-refractivity contribution is -0.274. The minimum absolute atomic E-state index is 0.0348. The van der Waals surface area contributed by atoms with E-state index in [0.29, 0.717) is 34.4 Å². The molecule has 31 heavy (non-hydrogen) atoms. The van der Waals surface area contributed by atoms with Gasteiger partial charge in [-0.3, -0.25) is 4.98 Å². The molecule has 8 nitrogen and oxygen atoms in total. The third-order valence-electron chi connectivity index (χ3n) is 5.18. The standard InChI is InChI=1S/C20H17F3N6O2/c21-20(22,23)31-13-3-4-15-14(8-13)16(5-6-24-15)30-9-12-2-1-7-29(12)19-17-18(26-10-25-17)27-11-28-19/h3-6,8,10-12H,1-2,7,9H2,(H,25,26,27,28)/t12-/m1/s1. The van der Waals surface area contributed by atoms with Crippen molar-refractivity contribution in [3.05, 3.63) is 43.1 Å². The molecule has 1 N–H and O–H groups in total. The molecule has 1 saturated heterocycles. The number of aromatic amines is 1. The van der Waals surface area contributed by atoms with Crippen LogP contribution in [0.25, 0.3) is 22.1 Å². The van der Waals surface area contributed by atoms with Crippen LogP contribution in [0.4, 0.5) is 19.0 Å². The van der Waals surface area contributed by atoms with E-state index < -0.39 is 6.36 Å². The van der Waals surface area contributed by atoms with Crippen LogP contribution in [0.5, 0.6) is 11.5 Å². The fourth-order valence-corrected chi connectivity index (χ4v) is 3.86. The number of benzene rings is 1. The lowest BCUT2D eigenvalue weighted by Gasteiger charge is -2.26. The Labute approximate surface area is 174 Å². The molecular formula is C20H17F3N6O2. The predicted molar refractivity (Wildman–Crippen MR) is 106 cm³/mol. The number of rotatable bonds is 5. The minimum atomic E-state index is -4.77. The first-order valence-electron chi connectivity index (χ1n) is 9.66. The Morgan fingerprint density at radius 2 is 2.03 bits per heavy atom. The average molecular weight is 430 g/mol. The number of aromatic nitrogens is 5. The van der Waals surface area contributed by atoms with Gasteiger partial charge in [0, 0.05) is 18.1 Å². The largest absolute Gasteiger partial charge is 0.573 e. The third-order valence-corrected chi connectivity index (χ3v) is 5.18. The summed E-state index contributed by atoms with van der Waals surface area (Å²) >= 11 is 0. The topological polar surface area (TPSA) is 89.0 Å². The molecule has 0 aliphatic carbocycles. The zero-order valence-corrected chi connectivity index (χ0v) is 16.1. The number of nitrogens with one attached hydrogen (secondary N) is 1. The SMILES string of the molecule is FC(F)(F)Oc1ccc2nccc(OC[C@H]3CCCN3c3ncnc4[nH]cnc34)c2c1. The highest BCUT2D eigenvalue weighted by atomic mass is 19.4. The molecule has 4 heterocycles. The molecule has 4 aromatic rings. The molecular weight excluding hydrogens is 413 g/mol. The zero-order valence-electron chi connectivity index (χ0n) is 16.1. The Bertz CT molecular complexity index is 1230. The Morgan fingerprint density at radius 3 is 2.90 bits per heavy atom. The van der Waals surface area contributed by atoms with Crippen molar-refractivity contribution in [1.29, 1.82) is 0 Å². The number of pyridine rings is 1. The summed E-state index contributed by atoms with van der Waals surface area (Å²) in [5, 5.41) is 0.450. The lowest BCUT2D eigenvalue weighted by Crippen LogP contribution is -2.35. The first kappa shape index (κ1) is 19.3. The van der Waals surface area contributed by atoms with Gasteiger partial charge in [0.15, 0.2) is 11.5 Å². The second-order valence-electron chi connectivity index (χ2n) is 7.13. The van der Waals surface area contributed by atoms with Crippen LogP contribution in [0.2, 0.25) is 0 Å². The number of nitrogens with zero attached hydrogens (tertiary/aromatic N) is 5. The quantitative estimate of drug-likeness (QED) is 0.515. The number of ether oxygens (including phenoxy) is 2. The normalized spacial score (nSPS) is 16.9. The smallest absolute Gasteiger partial charge is 0.491 e. The highest BCUT2D eigenvalue weighted by Gasteiger charge is 2.31. The van der Waals surface area contributed by atoms with E-state index in [0.717, 1.165) is 25.2 Å². The van der Waals surface area contributed by atoms with Gasteiger partial charge in [-0.25, -0.2) is 15.0 Å². The Balaban J connectivity index is 1.39. The highest BCUT2D eigenvalue weighted by Crippen LogP contribution is 2.32. The van der Waals surface area contributed by atoms with E-state index in [4.69, 9.17) is 4.74 Å². The maximum Gasteiger partial charge on any atom is 0.573 e. The second kappa shape index (κ2) is 7.56. The molecule has 0 spiro atoms. The van der Waals surface area contributed by atoms with E-state index in [1.807, 2.05) is 0 Å². The fourth-order valence-electron chi connectivity index (χ4n) is 3.86. The van der Waals surface area contributed by atoms with E-state index in [9.17, 15) is 13.2 Å². The first-order valence-corrected chi connectivity index (χ1v) is 9.66. The molecule has 11 heteroatoms. The Hall–Kier alpha value is -3.63. The second-order valence-corrected chi connectivity index (χ2v) is 7.13. The summed E-state index contributed by atoms with van der Waals surface area (Å²) in [7, 11) is 0. The van der Waals surface area contributed by atoms with E-state index in [2.05, 4.69) is 34.6 Å². The van der Waals surface area contributed by atoms with Crippen LogP contribution in [0.1, 0.15) is 12.8 Å². The van der Waals surface area contributed by atoms with E-state index in [1.54, 1.807) is 18.6 Å². The molecule has 1 aromatic carbocycles. The zero-order chi connectivity index (χ0) is 21.4. The number of hydrogen-bond acceptors (Lipinski definition) is 7. The van der Waals surface area contributed by atoms with Crippen molar-refractivity contribution < 1.29 is 22.6 Å². The molecule has 5 rings (SSSR count). The Kier molecular flexibility index (Phi) is 4.72. The molecule has 160 valence electrons.